The number of rotatable bonds is 3. The minimum Gasteiger partial charge on any atom is -0.307 e. The summed E-state index contributed by atoms with van der Waals surface area (Å²) in [6, 6.07) is 9.12. The molecule has 0 aliphatic heterocycles. The van der Waals surface area contributed by atoms with Crippen LogP contribution in [0.15, 0.2) is 36.4 Å². The fourth-order valence-electron chi connectivity index (χ4n) is 2.15. The molecular formula is C14H18ClN. The highest BCUT2D eigenvalue weighted by Crippen LogP contribution is 2.19. The standard InChI is InChI=1S/C14H18ClN/c1-11(12-7-9-13(15)10-8-12)16-14-5-3-2-4-6-14/h2-3,7-11,14,16H,4-6H2,1H3. The summed E-state index contributed by atoms with van der Waals surface area (Å²) >= 11 is 5.88. The van der Waals surface area contributed by atoms with Crippen LogP contribution in [0.1, 0.15) is 37.8 Å². The van der Waals surface area contributed by atoms with Crippen LogP contribution < -0.4 is 5.32 Å². The largest absolute Gasteiger partial charge is 0.307 e. The molecule has 1 aromatic carbocycles. The van der Waals surface area contributed by atoms with Crippen molar-refractivity contribution in [2.24, 2.45) is 0 Å². The molecule has 16 heavy (non-hydrogen) atoms. The molecule has 1 aromatic rings. The summed E-state index contributed by atoms with van der Waals surface area (Å²) in [7, 11) is 0. The second kappa shape index (κ2) is 5.51. The van der Waals surface area contributed by atoms with Gasteiger partial charge in [0.1, 0.15) is 0 Å². The molecule has 2 rings (SSSR count). The molecule has 0 fully saturated rings. The highest BCUT2D eigenvalue weighted by molar-refractivity contribution is 6.30. The van der Waals surface area contributed by atoms with Crippen molar-refractivity contribution in [3.05, 3.63) is 47.0 Å². The molecule has 2 atom stereocenters. The zero-order valence-corrected chi connectivity index (χ0v) is 10.4. The van der Waals surface area contributed by atoms with Gasteiger partial charge in [-0.05, 0) is 43.9 Å². The maximum absolute atomic E-state index is 5.88. The van der Waals surface area contributed by atoms with E-state index in [1.165, 1.54) is 18.4 Å². The number of nitrogens with one attached hydrogen (secondary N) is 1. The minimum absolute atomic E-state index is 0.397. The maximum atomic E-state index is 5.88. The van der Waals surface area contributed by atoms with Gasteiger partial charge in [0.05, 0.1) is 0 Å². The first-order chi connectivity index (χ1) is 7.75. The Hall–Kier alpha value is -0.790. The monoisotopic (exact) mass is 235 g/mol. The summed E-state index contributed by atoms with van der Waals surface area (Å²) in [6.45, 7) is 2.21. The minimum atomic E-state index is 0.397. The van der Waals surface area contributed by atoms with E-state index in [0.29, 0.717) is 12.1 Å². The average molecular weight is 236 g/mol. The van der Waals surface area contributed by atoms with E-state index >= 15 is 0 Å². The Morgan fingerprint density at radius 1 is 1.25 bits per heavy atom. The van der Waals surface area contributed by atoms with Gasteiger partial charge in [0, 0.05) is 17.1 Å². The lowest BCUT2D eigenvalue weighted by atomic mass is 9.99. The molecule has 0 saturated carbocycles. The molecule has 0 spiro atoms. The Labute approximate surface area is 103 Å². The molecule has 2 heteroatoms. The molecule has 2 unspecified atom stereocenters. The van der Waals surface area contributed by atoms with Gasteiger partial charge in [-0.1, -0.05) is 35.9 Å². The lowest BCUT2D eigenvalue weighted by Gasteiger charge is -2.24. The Morgan fingerprint density at radius 3 is 2.62 bits per heavy atom. The molecule has 1 nitrogen and oxygen atoms in total. The SMILES string of the molecule is CC(NC1CC=CCC1)c1ccc(Cl)cc1. The smallest absolute Gasteiger partial charge is 0.0406 e. The van der Waals surface area contributed by atoms with Gasteiger partial charge in [-0.2, -0.15) is 0 Å². The van der Waals surface area contributed by atoms with E-state index in [2.05, 4.69) is 36.5 Å². The Morgan fingerprint density at radius 2 is 2.00 bits per heavy atom. The van der Waals surface area contributed by atoms with E-state index in [0.717, 1.165) is 11.4 Å². The fraction of sp³-hybridized carbons (Fsp3) is 0.429. The quantitative estimate of drug-likeness (QED) is 0.778. The van der Waals surface area contributed by atoms with E-state index in [1.807, 2.05) is 12.1 Å². The van der Waals surface area contributed by atoms with Gasteiger partial charge in [0.2, 0.25) is 0 Å². The van der Waals surface area contributed by atoms with Crippen molar-refractivity contribution in [1.29, 1.82) is 0 Å². The zero-order valence-electron chi connectivity index (χ0n) is 9.62. The van der Waals surface area contributed by atoms with Gasteiger partial charge in [0.15, 0.2) is 0 Å². The van der Waals surface area contributed by atoms with Crippen molar-refractivity contribution in [2.45, 2.75) is 38.3 Å². The van der Waals surface area contributed by atoms with Crippen LogP contribution >= 0.6 is 11.6 Å². The van der Waals surface area contributed by atoms with Crippen molar-refractivity contribution in [1.82, 2.24) is 5.32 Å². The first-order valence-electron chi connectivity index (χ1n) is 5.92. The number of hydrogen-bond donors (Lipinski definition) is 1. The highest BCUT2D eigenvalue weighted by atomic mass is 35.5. The Bertz CT molecular complexity index is 356. The van der Waals surface area contributed by atoms with Gasteiger partial charge in [-0.15, -0.1) is 0 Å². The normalized spacial score (nSPS) is 22.0. The summed E-state index contributed by atoms with van der Waals surface area (Å²) in [4.78, 5) is 0. The van der Waals surface area contributed by atoms with Crippen molar-refractivity contribution in [3.63, 3.8) is 0 Å². The molecule has 0 saturated heterocycles. The van der Waals surface area contributed by atoms with Gasteiger partial charge in [-0.3, -0.25) is 0 Å². The first kappa shape index (κ1) is 11.7. The maximum Gasteiger partial charge on any atom is 0.0406 e. The third-order valence-electron chi connectivity index (χ3n) is 3.12. The first-order valence-corrected chi connectivity index (χ1v) is 6.30. The molecule has 0 amide bonds. The van der Waals surface area contributed by atoms with E-state index in [9.17, 15) is 0 Å². The van der Waals surface area contributed by atoms with Crippen molar-refractivity contribution < 1.29 is 0 Å². The topological polar surface area (TPSA) is 12.0 Å². The highest BCUT2D eigenvalue weighted by Gasteiger charge is 2.13. The lowest BCUT2D eigenvalue weighted by Crippen LogP contribution is -2.32. The van der Waals surface area contributed by atoms with Crippen molar-refractivity contribution >= 4 is 11.6 Å². The molecule has 0 heterocycles. The van der Waals surface area contributed by atoms with Crippen LogP contribution in [0.2, 0.25) is 5.02 Å². The van der Waals surface area contributed by atoms with Gasteiger partial charge in [0.25, 0.3) is 0 Å². The molecule has 0 radical (unpaired) electrons. The van der Waals surface area contributed by atoms with E-state index in [1.54, 1.807) is 0 Å². The predicted octanol–water partition coefficient (Wildman–Crippen LogP) is 4.10. The number of allylic oxidation sites excluding steroid dienone is 1. The molecule has 1 N–H and O–H groups in total. The summed E-state index contributed by atoms with van der Waals surface area (Å²) in [5.41, 5.74) is 1.30. The van der Waals surface area contributed by atoms with Gasteiger partial charge in [-0.25, -0.2) is 0 Å². The molecule has 0 aromatic heterocycles. The van der Waals surface area contributed by atoms with Gasteiger partial charge < -0.3 is 5.32 Å². The zero-order chi connectivity index (χ0) is 11.4. The third-order valence-corrected chi connectivity index (χ3v) is 3.38. The second-order valence-corrected chi connectivity index (χ2v) is 4.86. The fourth-order valence-corrected chi connectivity index (χ4v) is 2.27. The van der Waals surface area contributed by atoms with Crippen LogP contribution in [0.5, 0.6) is 0 Å². The number of benzene rings is 1. The van der Waals surface area contributed by atoms with Crippen LogP contribution in [0.3, 0.4) is 0 Å². The summed E-state index contributed by atoms with van der Waals surface area (Å²) in [5, 5.41) is 4.46. The van der Waals surface area contributed by atoms with Crippen LogP contribution in [0.4, 0.5) is 0 Å². The number of halogens is 1. The van der Waals surface area contributed by atoms with Crippen LogP contribution in [0.25, 0.3) is 0 Å². The molecule has 1 aliphatic carbocycles. The molecule has 86 valence electrons. The average Bonchev–Trinajstić information content (AvgIpc) is 2.31. The summed E-state index contributed by atoms with van der Waals surface area (Å²) in [5.74, 6) is 0. The van der Waals surface area contributed by atoms with Crippen LogP contribution in [-0.2, 0) is 0 Å². The van der Waals surface area contributed by atoms with Crippen molar-refractivity contribution in [2.75, 3.05) is 0 Å². The van der Waals surface area contributed by atoms with E-state index < -0.39 is 0 Å². The van der Waals surface area contributed by atoms with Crippen molar-refractivity contribution in [3.8, 4) is 0 Å². The number of hydrogen-bond acceptors (Lipinski definition) is 1. The van der Waals surface area contributed by atoms with E-state index in [4.69, 9.17) is 11.6 Å². The lowest BCUT2D eigenvalue weighted by molar-refractivity contribution is 0.426. The Kier molecular flexibility index (Phi) is 4.03. The third kappa shape index (κ3) is 3.10. The van der Waals surface area contributed by atoms with E-state index in [-0.39, 0.29) is 0 Å². The Balaban J connectivity index is 1.94. The second-order valence-electron chi connectivity index (χ2n) is 4.42. The molecule has 1 aliphatic rings. The van der Waals surface area contributed by atoms with Gasteiger partial charge >= 0.3 is 0 Å². The van der Waals surface area contributed by atoms with Crippen LogP contribution in [-0.4, -0.2) is 6.04 Å². The molecule has 0 bridgehead atoms. The predicted molar refractivity (Wildman–Crippen MR) is 69.8 cm³/mol. The van der Waals surface area contributed by atoms with Crippen LogP contribution in [0, 0.1) is 0 Å². The molecular weight excluding hydrogens is 218 g/mol. The summed E-state index contributed by atoms with van der Waals surface area (Å²) < 4.78 is 0. The summed E-state index contributed by atoms with van der Waals surface area (Å²) in [6.07, 6.45) is 8.14.